The van der Waals surface area contributed by atoms with Crippen LogP contribution in [-0.2, 0) is 4.79 Å². The van der Waals surface area contributed by atoms with Gasteiger partial charge in [0.15, 0.2) is 0 Å². The average molecular weight is 192 g/mol. The number of nitrogens with two attached hydrogens (primary N) is 1. The van der Waals surface area contributed by atoms with Crippen LogP contribution in [0, 0.1) is 0 Å². The van der Waals surface area contributed by atoms with Crippen LogP contribution >= 0.6 is 0 Å². The standard InChI is InChI=1S/C11H16N2O/c1-13-11(14)7-10(8-12)9-5-3-2-4-6-9/h2-6,10H,7-8,12H2,1H3,(H,13,14)/t10-/m0/s1. The number of benzene rings is 1. The van der Waals surface area contributed by atoms with Crippen molar-refractivity contribution in [3.63, 3.8) is 0 Å². The molecular formula is C11H16N2O. The maximum Gasteiger partial charge on any atom is 0.220 e. The molecule has 3 nitrogen and oxygen atoms in total. The molecule has 0 spiro atoms. The Morgan fingerprint density at radius 2 is 2.07 bits per heavy atom. The van der Waals surface area contributed by atoms with Crippen LogP contribution < -0.4 is 11.1 Å². The first-order chi connectivity index (χ1) is 6.77. The lowest BCUT2D eigenvalue weighted by Crippen LogP contribution is -2.24. The first-order valence-corrected chi connectivity index (χ1v) is 4.73. The third kappa shape index (κ3) is 2.85. The van der Waals surface area contributed by atoms with Gasteiger partial charge in [-0.3, -0.25) is 4.79 Å². The molecule has 1 aromatic carbocycles. The molecule has 0 saturated carbocycles. The number of nitrogens with one attached hydrogen (secondary N) is 1. The Kier molecular flexibility index (Phi) is 4.13. The van der Waals surface area contributed by atoms with Gasteiger partial charge in [-0.25, -0.2) is 0 Å². The van der Waals surface area contributed by atoms with Gasteiger partial charge in [0.05, 0.1) is 0 Å². The summed E-state index contributed by atoms with van der Waals surface area (Å²) >= 11 is 0. The lowest BCUT2D eigenvalue weighted by atomic mass is 9.96. The molecule has 0 fully saturated rings. The van der Waals surface area contributed by atoms with E-state index in [9.17, 15) is 4.79 Å². The van der Waals surface area contributed by atoms with Crippen molar-refractivity contribution >= 4 is 5.91 Å². The second kappa shape index (κ2) is 5.40. The molecular weight excluding hydrogens is 176 g/mol. The minimum Gasteiger partial charge on any atom is -0.359 e. The fourth-order valence-electron chi connectivity index (χ4n) is 1.39. The highest BCUT2D eigenvalue weighted by atomic mass is 16.1. The number of rotatable bonds is 4. The Morgan fingerprint density at radius 3 is 2.57 bits per heavy atom. The highest BCUT2D eigenvalue weighted by Crippen LogP contribution is 2.17. The number of carbonyl (C=O) groups is 1. The summed E-state index contributed by atoms with van der Waals surface area (Å²) in [5.41, 5.74) is 6.75. The maximum absolute atomic E-state index is 11.2. The Bertz CT molecular complexity index is 285. The van der Waals surface area contributed by atoms with E-state index in [-0.39, 0.29) is 11.8 Å². The summed E-state index contributed by atoms with van der Waals surface area (Å²) in [4.78, 5) is 11.2. The first-order valence-electron chi connectivity index (χ1n) is 4.73. The van der Waals surface area contributed by atoms with Crippen molar-refractivity contribution in [1.29, 1.82) is 0 Å². The van der Waals surface area contributed by atoms with Gasteiger partial charge in [0.25, 0.3) is 0 Å². The number of amides is 1. The highest BCUT2D eigenvalue weighted by molar-refractivity contribution is 5.76. The van der Waals surface area contributed by atoms with E-state index >= 15 is 0 Å². The van der Waals surface area contributed by atoms with Gasteiger partial charge < -0.3 is 11.1 Å². The fourth-order valence-corrected chi connectivity index (χ4v) is 1.39. The van der Waals surface area contributed by atoms with Crippen LogP contribution in [-0.4, -0.2) is 19.5 Å². The predicted octanol–water partition coefficient (Wildman–Crippen LogP) is 0.865. The number of hydrogen-bond donors (Lipinski definition) is 2. The van der Waals surface area contributed by atoms with Crippen molar-refractivity contribution in [2.24, 2.45) is 5.73 Å². The molecule has 3 N–H and O–H groups in total. The van der Waals surface area contributed by atoms with E-state index in [1.165, 1.54) is 0 Å². The smallest absolute Gasteiger partial charge is 0.220 e. The molecule has 3 heteroatoms. The van der Waals surface area contributed by atoms with Crippen molar-refractivity contribution < 1.29 is 4.79 Å². The number of hydrogen-bond acceptors (Lipinski definition) is 2. The lowest BCUT2D eigenvalue weighted by molar-refractivity contribution is -0.120. The van der Waals surface area contributed by atoms with E-state index in [0.717, 1.165) is 5.56 Å². The monoisotopic (exact) mass is 192 g/mol. The zero-order chi connectivity index (χ0) is 10.4. The summed E-state index contributed by atoms with van der Waals surface area (Å²) in [6.07, 6.45) is 0.455. The summed E-state index contributed by atoms with van der Waals surface area (Å²) in [7, 11) is 1.64. The van der Waals surface area contributed by atoms with E-state index in [1.54, 1.807) is 7.05 Å². The molecule has 1 amide bonds. The van der Waals surface area contributed by atoms with Crippen LogP contribution in [0.15, 0.2) is 30.3 Å². The molecule has 0 aliphatic carbocycles. The van der Waals surface area contributed by atoms with Gasteiger partial charge >= 0.3 is 0 Å². The lowest BCUT2D eigenvalue weighted by Gasteiger charge is -2.13. The molecule has 0 heterocycles. The van der Waals surface area contributed by atoms with Gasteiger partial charge in [-0.1, -0.05) is 30.3 Å². The van der Waals surface area contributed by atoms with Crippen LogP contribution in [0.4, 0.5) is 0 Å². The molecule has 0 aromatic heterocycles. The van der Waals surface area contributed by atoms with E-state index in [2.05, 4.69) is 5.32 Å². The molecule has 76 valence electrons. The van der Waals surface area contributed by atoms with Crippen LogP contribution in [0.5, 0.6) is 0 Å². The fraction of sp³-hybridized carbons (Fsp3) is 0.364. The molecule has 0 unspecified atom stereocenters. The quantitative estimate of drug-likeness (QED) is 0.743. The zero-order valence-corrected chi connectivity index (χ0v) is 8.36. The van der Waals surface area contributed by atoms with E-state index in [0.29, 0.717) is 13.0 Å². The number of carbonyl (C=O) groups excluding carboxylic acids is 1. The summed E-state index contributed by atoms with van der Waals surface area (Å²) in [6.45, 7) is 0.497. The minimum atomic E-state index is 0.0318. The van der Waals surface area contributed by atoms with Gasteiger partial charge in [-0.15, -0.1) is 0 Å². The van der Waals surface area contributed by atoms with Crippen LogP contribution in [0.2, 0.25) is 0 Å². The first kappa shape index (κ1) is 10.7. The average Bonchev–Trinajstić information content (AvgIpc) is 2.26. The van der Waals surface area contributed by atoms with E-state index in [1.807, 2.05) is 30.3 Å². The third-order valence-electron chi connectivity index (χ3n) is 2.27. The topological polar surface area (TPSA) is 55.1 Å². The van der Waals surface area contributed by atoms with Gasteiger partial charge in [-0.2, -0.15) is 0 Å². The Hall–Kier alpha value is -1.35. The molecule has 0 saturated heterocycles. The second-order valence-corrected chi connectivity index (χ2v) is 3.22. The van der Waals surface area contributed by atoms with Gasteiger partial charge in [0.1, 0.15) is 0 Å². The zero-order valence-electron chi connectivity index (χ0n) is 8.36. The van der Waals surface area contributed by atoms with Crippen molar-refractivity contribution in [1.82, 2.24) is 5.32 Å². The van der Waals surface area contributed by atoms with Crippen molar-refractivity contribution in [2.75, 3.05) is 13.6 Å². The summed E-state index contributed by atoms with van der Waals surface area (Å²) in [5, 5.41) is 2.61. The van der Waals surface area contributed by atoms with Crippen LogP contribution in [0.25, 0.3) is 0 Å². The highest BCUT2D eigenvalue weighted by Gasteiger charge is 2.12. The molecule has 1 atom stereocenters. The summed E-state index contributed by atoms with van der Waals surface area (Å²) < 4.78 is 0. The molecule has 0 bridgehead atoms. The largest absolute Gasteiger partial charge is 0.359 e. The molecule has 1 aromatic rings. The van der Waals surface area contributed by atoms with E-state index in [4.69, 9.17) is 5.73 Å². The van der Waals surface area contributed by atoms with Crippen molar-refractivity contribution in [2.45, 2.75) is 12.3 Å². The SMILES string of the molecule is CNC(=O)C[C@@H](CN)c1ccccc1. The van der Waals surface area contributed by atoms with Crippen LogP contribution in [0.1, 0.15) is 17.9 Å². The van der Waals surface area contributed by atoms with Crippen LogP contribution in [0.3, 0.4) is 0 Å². The molecule has 1 rings (SSSR count). The third-order valence-corrected chi connectivity index (χ3v) is 2.27. The van der Waals surface area contributed by atoms with Crippen molar-refractivity contribution in [3.8, 4) is 0 Å². The Morgan fingerprint density at radius 1 is 1.43 bits per heavy atom. The molecule has 0 radical (unpaired) electrons. The normalized spacial score (nSPS) is 12.1. The summed E-state index contributed by atoms with van der Waals surface area (Å²) in [5.74, 6) is 0.153. The maximum atomic E-state index is 11.2. The van der Waals surface area contributed by atoms with E-state index < -0.39 is 0 Å². The molecule has 0 aliphatic rings. The van der Waals surface area contributed by atoms with Gasteiger partial charge in [0.2, 0.25) is 5.91 Å². The van der Waals surface area contributed by atoms with Gasteiger partial charge in [0, 0.05) is 19.4 Å². The van der Waals surface area contributed by atoms with Crippen molar-refractivity contribution in [3.05, 3.63) is 35.9 Å². The Balaban J connectivity index is 2.68. The summed E-state index contributed by atoms with van der Waals surface area (Å²) in [6, 6.07) is 9.88. The predicted molar refractivity (Wildman–Crippen MR) is 56.9 cm³/mol. The molecule has 14 heavy (non-hydrogen) atoms. The van der Waals surface area contributed by atoms with Gasteiger partial charge in [-0.05, 0) is 12.1 Å². The molecule has 0 aliphatic heterocycles. The minimum absolute atomic E-state index is 0.0318. The Labute approximate surface area is 84.3 Å². The second-order valence-electron chi connectivity index (χ2n) is 3.22.